The predicted octanol–water partition coefficient (Wildman–Crippen LogP) is 5.40. The zero-order chi connectivity index (χ0) is 20.5. The number of hydrogen-bond donors (Lipinski definition) is 1. The summed E-state index contributed by atoms with van der Waals surface area (Å²) in [5.41, 5.74) is 2.07. The SMILES string of the molecule is Cc1ccc(OP(NC(C)C(=O)OCc2ccccc2)Oc2ccccc2)cc1. The molecule has 0 bridgehead atoms. The molecule has 0 heterocycles. The molecule has 5 nitrogen and oxygen atoms in total. The number of carbonyl (C=O) groups is 1. The van der Waals surface area contributed by atoms with Crippen molar-refractivity contribution in [2.45, 2.75) is 26.5 Å². The molecule has 0 radical (unpaired) electrons. The standard InChI is InChI=1S/C23H24NO4P/c1-18-13-15-22(16-14-18)28-29(27-21-11-7-4-8-12-21)24-19(2)23(25)26-17-20-9-5-3-6-10-20/h3-16,19,24H,17H2,1-2H3. The van der Waals surface area contributed by atoms with E-state index in [2.05, 4.69) is 5.09 Å². The second-order valence-electron chi connectivity index (χ2n) is 6.51. The lowest BCUT2D eigenvalue weighted by Gasteiger charge is -2.22. The third-order valence-corrected chi connectivity index (χ3v) is 5.37. The average molecular weight is 409 g/mol. The van der Waals surface area contributed by atoms with Crippen molar-refractivity contribution in [2.24, 2.45) is 0 Å². The van der Waals surface area contributed by atoms with Crippen molar-refractivity contribution in [3.63, 3.8) is 0 Å². The van der Waals surface area contributed by atoms with Crippen LogP contribution in [0.3, 0.4) is 0 Å². The molecule has 2 unspecified atom stereocenters. The molecule has 0 saturated carbocycles. The van der Waals surface area contributed by atoms with Gasteiger partial charge in [-0.05, 0) is 43.7 Å². The number of esters is 1. The Morgan fingerprint density at radius 1 is 0.862 bits per heavy atom. The minimum absolute atomic E-state index is 0.224. The van der Waals surface area contributed by atoms with E-state index in [0.717, 1.165) is 11.1 Å². The minimum Gasteiger partial charge on any atom is -0.460 e. The lowest BCUT2D eigenvalue weighted by Crippen LogP contribution is -2.34. The van der Waals surface area contributed by atoms with Gasteiger partial charge in [-0.3, -0.25) is 4.79 Å². The number of carbonyl (C=O) groups excluding carboxylic acids is 1. The Morgan fingerprint density at radius 3 is 2.03 bits per heavy atom. The average Bonchev–Trinajstić information content (AvgIpc) is 2.75. The molecular formula is C23H24NO4P. The molecule has 3 aromatic carbocycles. The van der Waals surface area contributed by atoms with Crippen molar-refractivity contribution in [1.29, 1.82) is 0 Å². The zero-order valence-electron chi connectivity index (χ0n) is 16.4. The van der Waals surface area contributed by atoms with Crippen molar-refractivity contribution < 1.29 is 18.6 Å². The largest absolute Gasteiger partial charge is 0.460 e. The molecule has 0 amide bonds. The molecule has 3 aromatic rings. The first-order valence-corrected chi connectivity index (χ1v) is 10.5. The molecule has 29 heavy (non-hydrogen) atoms. The van der Waals surface area contributed by atoms with E-state index in [1.165, 1.54) is 0 Å². The van der Waals surface area contributed by atoms with Crippen LogP contribution in [-0.4, -0.2) is 12.0 Å². The number of nitrogens with one attached hydrogen (secondary N) is 1. The van der Waals surface area contributed by atoms with E-state index in [1.807, 2.05) is 91.9 Å². The summed E-state index contributed by atoms with van der Waals surface area (Å²) in [6, 6.07) is 26.0. The Balaban J connectivity index is 1.62. The van der Waals surface area contributed by atoms with Gasteiger partial charge in [0.15, 0.2) is 0 Å². The van der Waals surface area contributed by atoms with Gasteiger partial charge >= 0.3 is 14.5 Å². The van der Waals surface area contributed by atoms with Crippen LogP contribution in [0, 0.1) is 6.92 Å². The first kappa shape index (κ1) is 20.8. The predicted molar refractivity (Wildman–Crippen MR) is 115 cm³/mol. The first-order valence-electron chi connectivity index (χ1n) is 9.34. The van der Waals surface area contributed by atoms with E-state index >= 15 is 0 Å². The van der Waals surface area contributed by atoms with Crippen LogP contribution < -0.4 is 14.1 Å². The van der Waals surface area contributed by atoms with E-state index in [9.17, 15) is 4.79 Å². The first-order chi connectivity index (χ1) is 14.1. The molecule has 2 atom stereocenters. The fourth-order valence-electron chi connectivity index (χ4n) is 2.41. The van der Waals surface area contributed by atoms with E-state index in [4.69, 9.17) is 13.8 Å². The van der Waals surface area contributed by atoms with Crippen LogP contribution in [0.5, 0.6) is 11.5 Å². The van der Waals surface area contributed by atoms with Crippen molar-refractivity contribution >= 4 is 14.5 Å². The maximum atomic E-state index is 12.4. The fraction of sp³-hybridized carbons (Fsp3) is 0.174. The summed E-state index contributed by atoms with van der Waals surface area (Å²) in [6.45, 7) is 3.97. The van der Waals surface area contributed by atoms with Gasteiger partial charge in [-0.2, -0.15) is 0 Å². The number of rotatable bonds is 9. The Morgan fingerprint density at radius 2 is 1.41 bits per heavy atom. The number of para-hydroxylation sites is 1. The summed E-state index contributed by atoms with van der Waals surface area (Å²) in [4.78, 5) is 12.4. The fourth-order valence-corrected chi connectivity index (χ4v) is 3.60. The van der Waals surface area contributed by atoms with E-state index < -0.39 is 14.6 Å². The summed E-state index contributed by atoms with van der Waals surface area (Å²) >= 11 is 0. The van der Waals surface area contributed by atoms with Crippen LogP contribution in [0.25, 0.3) is 0 Å². The Kier molecular flexibility index (Phi) is 7.62. The van der Waals surface area contributed by atoms with Gasteiger partial charge < -0.3 is 13.8 Å². The Labute approximate surface area is 172 Å². The van der Waals surface area contributed by atoms with Crippen LogP contribution in [0.1, 0.15) is 18.1 Å². The van der Waals surface area contributed by atoms with E-state index in [0.29, 0.717) is 11.5 Å². The van der Waals surface area contributed by atoms with Crippen molar-refractivity contribution in [3.05, 3.63) is 96.1 Å². The zero-order valence-corrected chi connectivity index (χ0v) is 17.3. The molecule has 0 aliphatic carbocycles. The molecule has 0 saturated heterocycles. The maximum absolute atomic E-state index is 12.4. The molecule has 6 heteroatoms. The third-order valence-electron chi connectivity index (χ3n) is 4.02. The molecule has 1 N–H and O–H groups in total. The second-order valence-corrected chi connectivity index (χ2v) is 7.65. The molecule has 0 spiro atoms. The van der Waals surface area contributed by atoms with Crippen LogP contribution in [-0.2, 0) is 16.1 Å². The quantitative estimate of drug-likeness (QED) is 0.379. The van der Waals surface area contributed by atoms with Crippen molar-refractivity contribution in [3.8, 4) is 11.5 Å². The molecule has 150 valence electrons. The summed E-state index contributed by atoms with van der Waals surface area (Å²) in [5, 5.41) is 3.11. The van der Waals surface area contributed by atoms with E-state index in [-0.39, 0.29) is 12.6 Å². The molecule has 0 aromatic heterocycles. The number of ether oxygens (including phenoxy) is 1. The highest BCUT2D eigenvalue weighted by Gasteiger charge is 2.24. The van der Waals surface area contributed by atoms with Gasteiger partial charge in [0, 0.05) is 0 Å². The Hall–Kier alpha value is -2.88. The third kappa shape index (κ3) is 6.90. The van der Waals surface area contributed by atoms with Gasteiger partial charge in [0.1, 0.15) is 24.1 Å². The van der Waals surface area contributed by atoms with Crippen molar-refractivity contribution in [2.75, 3.05) is 0 Å². The summed E-state index contributed by atoms with van der Waals surface area (Å²) in [7, 11) is -1.61. The number of aryl methyl sites for hydroxylation is 1. The molecular weight excluding hydrogens is 385 g/mol. The second kappa shape index (κ2) is 10.6. The lowest BCUT2D eigenvalue weighted by atomic mass is 10.2. The highest BCUT2D eigenvalue weighted by atomic mass is 31.2. The van der Waals surface area contributed by atoms with Crippen LogP contribution in [0.4, 0.5) is 0 Å². The number of hydrogen-bond acceptors (Lipinski definition) is 5. The highest BCUT2D eigenvalue weighted by Crippen LogP contribution is 2.37. The highest BCUT2D eigenvalue weighted by molar-refractivity contribution is 7.45. The van der Waals surface area contributed by atoms with Crippen LogP contribution in [0.15, 0.2) is 84.9 Å². The van der Waals surface area contributed by atoms with Gasteiger partial charge in [-0.25, -0.2) is 5.09 Å². The normalized spacial score (nSPS) is 12.6. The monoisotopic (exact) mass is 409 g/mol. The topological polar surface area (TPSA) is 56.8 Å². The summed E-state index contributed by atoms with van der Waals surface area (Å²) in [5.74, 6) is 0.948. The van der Waals surface area contributed by atoms with Crippen LogP contribution >= 0.6 is 8.53 Å². The maximum Gasteiger partial charge on any atom is 0.382 e. The van der Waals surface area contributed by atoms with Gasteiger partial charge in [0.25, 0.3) is 0 Å². The van der Waals surface area contributed by atoms with Crippen molar-refractivity contribution in [1.82, 2.24) is 5.09 Å². The lowest BCUT2D eigenvalue weighted by molar-refractivity contribution is -0.146. The van der Waals surface area contributed by atoms with Gasteiger partial charge in [0.2, 0.25) is 0 Å². The van der Waals surface area contributed by atoms with Gasteiger partial charge in [-0.15, -0.1) is 0 Å². The summed E-state index contributed by atoms with van der Waals surface area (Å²) in [6.07, 6.45) is 0. The summed E-state index contributed by atoms with van der Waals surface area (Å²) < 4.78 is 17.3. The van der Waals surface area contributed by atoms with Gasteiger partial charge in [0.05, 0.1) is 0 Å². The number of benzene rings is 3. The van der Waals surface area contributed by atoms with Crippen LogP contribution in [0.2, 0.25) is 0 Å². The van der Waals surface area contributed by atoms with Gasteiger partial charge in [-0.1, -0.05) is 66.2 Å². The molecule has 0 aliphatic rings. The Bertz CT molecular complexity index is 888. The smallest absolute Gasteiger partial charge is 0.382 e. The van der Waals surface area contributed by atoms with E-state index in [1.54, 1.807) is 6.92 Å². The molecule has 0 aliphatic heterocycles. The molecule has 0 fully saturated rings. The molecule has 3 rings (SSSR count). The minimum atomic E-state index is -1.61.